The summed E-state index contributed by atoms with van der Waals surface area (Å²) in [6.45, 7) is 7.81. The van der Waals surface area contributed by atoms with Gasteiger partial charge in [-0.05, 0) is 6.42 Å². The van der Waals surface area contributed by atoms with Gasteiger partial charge < -0.3 is 24.9 Å². The fourth-order valence-electron chi connectivity index (χ4n) is 0.641. The number of unbranched alkanes of at least 4 members (excludes halogenated alkanes) is 1. The van der Waals surface area contributed by atoms with Crippen LogP contribution in [0.4, 0.5) is 0 Å². The zero-order chi connectivity index (χ0) is 12.3. The minimum Gasteiger partial charge on any atom is -0.402 e. The van der Waals surface area contributed by atoms with Crippen molar-refractivity contribution in [3.8, 4) is 0 Å². The third kappa shape index (κ3) is 20.1. The highest BCUT2D eigenvalue weighted by molar-refractivity contribution is 6.30. The van der Waals surface area contributed by atoms with Gasteiger partial charge in [0.25, 0.3) is 0 Å². The molecule has 0 atom stereocenters. The Hall–Kier alpha value is -0.135. The lowest BCUT2D eigenvalue weighted by molar-refractivity contribution is 0.0270. The first-order valence-electron chi connectivity index (χ1n) is 5.08. The molecule has 4 N–H and O–H groups in total. The Morgan fingerprint density at radius 3 is 2.00 bits per heavy atom. The van der Waals surface area contributed by atoms with E-state index in [-0.39, 0.29) is 12.0 Å². The van der Waals surface area contributed by atoms with Crippen LogP contribution in [-0.2, 0) is 4.74 Å². The fourth-order valence-corrected chi connectivity index (χ4v) is 0.641. The molecule has 92 valence electrons. The van der Waals surface area contributed by atoms with Crippen molar-refractivity contribution in [3.63, 3.8) is 0 Å². The number of hydrogen-bond donors (Lipinski definition) is 4. The van der Waals surface area contributed by atoms with Crippen molar-refractivity contribution in [2.45, 2.75) is 33.6 Å². The molecule has 0 unspecified atom stereocenters. The van der Waals surface area contributed by atoms with E-state index in [4.69, 9.17) is 24.9 Å². The summed E-state index contributed by atoms with van der Waals surface area (Å²) < 4.78 is 5.37. The molecule has 0 bridgehead atoms. The van der Waals surface area contributed by atoms with Crippen LogP contribution in [0.5, 0.6) is 0 Å². The Morgan fingerprint density at radius 2 is 1.67 bits per heavy atom. The van der Waals surface area contributed by atoms with Crippen molar-refractivity contribution >= 4 is 7.32 Å². The van der Waals surface area contributed by atoms with Gasteiger partial charge in [-0.1, -0.05) is 27.2 Å². The quantitative estimate of drug-likeness (QED) is 0.368. The van der Waals surface area contributed by atoms with Crippen molar-refractivity contribution < 1.29 is 24.9 Å². The summed E-state index contributed by atoms with van der Waals surface area (Å²) in [5, 5.41) is 30.4. The number of aliphatic hydroxyl groups excluding tert-OH is 1. The molecule has 0 rings (SSSR count). The summed E-state index contributed by atoms with van der Waals surface area (Å²) in [6.07, 6.45) is 2.28. The minimum absolute atomic E-state index is 0.0757. The first-order valence-corrected chi connectivity index (χ1v) is 5.08. The predicted octanol–water partition coefficient (Wildman–Crippen LogP) is -0.230. The Morgan fingerprint density at radius 1 is 1.20 bits per heavy atom. The van der Waals surface area contributed by atoms with Crippen LogP contribution in [0.3, 0.4) is 0 Å². The van der Waals surface area contributed by atoms with Crippen LogP contribution in [-0.4, -0.2) is 47.3 Å². The second-order valence-electron chi connectivity index (χ2n) is 4.07. The third-order valence-electron chi connectivity index (χ3n) is 1.56. The standard InChI is InChI=1S/C9H20O2.BH3O3/c1-4-5-6-11-8-9(2,3)7-10;2-1(3)4/h10H,4-8H2,1-3H3;2-4H. The second-order valence-corrected chi connectivity index (χ2v) is 4.07. The van der Waals surface area contributed by atoms with E-state index in [1.807, 2.05) is 13.8 Å². The van der Waals surface area contributed by atoms with Crippen molar-refractivity contribution in [1.29, 1.82) is 0 Å². The predicted molar refractivity (Wildman–Crippen MR) is 59.0 cm³/mol. The average Bonchev–Trinajstić information content (AvgIpc) is 2.12. The van der Waals surface area contributed by atoms with Gasteiger partial charge in [0.15, 0.2) is 0 Å². The summed E-state index contributed by atoms with van der Waals surface area (Å²) in [4.78, 5) is 0. The molecular formula is C9H23BO5. The van der Waals surface area contributed by atoms with Gasteiger partial charge in [0, 0.05) is 12.0 Å². The zero-order valence-electron chi connectivity index (χ0n) is 9.81. The molecule has 5 nitrogen and oxygen atoms in total. The van der Waals surface area contributed by atoms with Crippen molar-refractivity contribution in [3.05, 3.63) is 0 Å². The van der Waals surface area contributed by atoms with E-state index < -0.39 is 7.32 Å². The molecule has 0 aliphatic heterocycles. The Balaban J connectivity index is 0. The van der Waals surface area contributed by atoms with E-state index in [1.165, 1.54) is 6.42 Å². The van der Waals surface area contributed by atoms with E-state index in [1.54, 1.807) is 0 Å². The molecule has 0 radical (unpaired) electrons. The molecule has 0 aromatic carbocycles. The van der Waals surface area contributed by atoms with Gasteiger partial charge in [0.1, 0.15) is 0 Å². The van der Waals surface area contributed by atoms with E-state index in [9.17, 15) is 0 Å². The molecule has 0 spiro atoms. The molecule has 0 saturated heterocycles. The lowest BCUT2D eigenvalue weighted by Gasteiger charge is -2.20. The molecule has 6 heteroatoms. The topological polar surface area (TPSA) is 90.2 Å². The second kappa shape index (κ2) is 10.4. The summed E-state index contributed by atoms with van der Waals surface area (Å²) in [5.41, 5.74) is -0.0757. The normalized spacial score (nSPS) is 10.6. The van der Waals surface area contributed by atoms with Crippen LogP contribution in [0, 0.1) is 5.41 Å². The molecular weight excluding hydrogens is 199 g/mol. The minimum atomic E-state index is -2.17. The van der Waals surface area contributed by atoms with Crippen LogP contribution in [0.1, 0.15) is 33.6 Å². The summed E-state index contributed by atoms with van der Waals surface area (Å²) >= 11 is 0. The molecule has 0 heterocycles. The average molecular weight is 222 g/mol. The number of aliphatic hydroxyl groups is 1. The third-order valence-corrected chi connectivity index (χ3v) is 1.56. The molecule has 0 fully saturated rings. The number of rotatable bonds is 6. The van der Waals surface area contributed by atoms with E-state index in [2.05, 4.69) is 6.92 Å². The largest absolute Gasteiger partial charge is 0.631 e. The molecule has 0 aliphatic carbocycles. The monoisotopic (exact) mass is 222 g/mol. The van der Waals surface area contributed by atoms with E-state index in [0.29, 0.717) is 6.61 Å². The van der Waals surface area contributed by atoms with Gasteiger partial charge in [-0.2, -0.15) is 0 Å². The molecule has 15 heavy (non-hydrogen) atoms. The number of hydrogen-bond acceptors (Lipinski definition) is 5. The Kier molecular flexibility index (Phi) is 12.0. The maximum Gasteiger partial charge on any atom is 0.631 e. The first-order chi connectivity index (χ1) is 6.85. The highest BCUT2D eigenvalue weighted by atomic mass is 16.5. The highest BCUT2D eigenvalue weighted by Gasteiger charge is 2.15. The lowest BCUT2D eigenvalue weighted by Crippen LogP contribution is -2.23. The van der Waals surface area contributed by atoms with Crippen LogP contribution >= 0.6 is 0 Å². The van der Waals surface area contributed by atoms with Crippen molar-refractivity contribution in [2.75, 3.05) is 19.8 Å². The number of ether oxygens (including phenoxy) is 1. The SMILES string of the molecule is CCCCOCC(C)(C)CO.OB(O)O. The van der Waals surface area contributed by atoms with Gasteiger partial charge in [0.2, 0.25) is 0 Å². The van der Waals surface area contributed by atoms with E-state index in [0.717, 1.165) is 13.0 Å². The summed E-state index contributed by atoms with van der Waals surface area (Å²) in [7, 11) is -2.17. The smallest absolute Gasteiger partial charge is 0.402 e. The van der Waals surface area contributed by atoms with E-state index >= 15 is 0 Å². The molecule has 0 aliphatic rings. The van der Waals surface area contributed by atoms with Crippen molar-refractivity contribution in [1.82, 2.24) is 0 Å². The van der Waals surface area contributed by atoms with Gasteiger partial charge in [0.05, 0.1) is 13.2 Å². The Bertz CT molecular complexity index is 127. The molecule has 0 aromatic rings. The maximum absolute atomic E-state index is 8.87. The lowest BCUT2D eigenvalue weighted by atomic mass is 9.97. The molecule has 0 amide bonds. The van der Waals surface area contributed by atoms with Gasteiger partial charge in [-0.3, -0.25) is 0 Å². The summed E-state index contributed by atoms with van der Waals surface area (Å²) in [5.74, 6) is 0. The summed E-state index contributed by atoms with van der Waals surface area (Å²) in [6, 6.07) is 0. The molecule has 0 aromatic heterocycles. The Labute approximate surface area is 91.9 Å². The van der Waals surface area contributed by atoms with Crippen LogP contribution in [0.2, 0.25) is 0 Å². The van der Waals surface area contributed by atoms with Gasteiger partial charge in [-0.25, -0.2) is 0 Å². The van der Waals surface area contributed by atoms with Crippen molar-refractivity contribution in [2.24, 2.45) is 5.41 Å². The maximum atomic E-state index is 8.87. The molecule has 0 saturated carbocycles. The highest BCUT2D eigenvalue weighted by Crippen LogP contribution is 2.13. The first kappa shape index (κ1) is 17.3. The van der Waals surface area contributed by atoms with Gasteiger partial charge in [-0.15, -0.1) is 0 Å². The van der Waals surface area contributed by atoms with Crippen LogP contribution in [0.25, 0.3) is 0 Å². The zero-order valence-corrected chi connectivity index (χ0v) is 9.81. The van der Waals surface area contributed by atoms with Gasteiger partial charge >= 0.3 is 7.32 Å². The fraction of sp³-hybridized carbons (Fsp3) is 1.00. The van der Waals surface area contributed by atoms with Crippen LogP contribution < -0.4 is 0 Å². The van der Waals surface area contributed by atoms with Crippen LogP contribution in [0.15, 0.2) is 0 Å².